The van der Waals surface area contributed by atoms with Crippen LogP contribution in [0.25, 0.3) is 0 Å². The number of thioether (sulfide) groups is 1. The first-order valence-corrected chi connectivity index (χ1v) is 7.60. The van der Waals surface area contributed by atoms with Crippen molar-refractivity contribution in [2.45, 2.75) is 18.4 Å². The van der Waals surface area contributed by atoms with Gasteiger partial charge in [0.2, 0.25) is 0 Å². The van der Waals surface area contributed by atoms with Crippen molar-refractivity contribution >= 4 is 11.8 Å². The summed E-state index contributed by atoms with van der Waals surface area (Å²) in [7, 11) is 1.64. The van der Waals surface area contributed by atoms with Crippen LogP contribution in [-0.2, 0) is 6.54 Å². The zero-order valence-electron chi connectivity index (χ0n) is 12.0. The maximum absolute atomic E-state index is 6.00. The monoisotopic (exact) mass is 289 g/mol. The van der Waals surface area contributed by atoms with E-state index < -0.39 is 0 Å². The quantitative estimate of drug-likeness (QED) is 0.846. The van der Waals surface area contributed by atoms with Crippen molar-refractivity contribution in [1.29, 1.82) is 0 Å². The van der Waals surface area contributed by atoms with Gasteiger partial charge < -0.3 is 15.2 Å². The van der Waals surface area contributed by atoms with Gasteiger partial charge in [0.25, 0.3) is 0 Å². The number of aryl methyl sites for hydroxylation is 1. The molecule has 4 heteroatoms. The third-order valence-corrected chi connectivity index (χ3v) is 3.88. The van der Waals surface area contributed by atoms with E-state index in [2.05, 4.69) is 0 Å². The smallest absolute Gasteiger partial charge is 0.169 e. The minimum atomic E-state index is 0.445. The topological polar surface area (TPSA) is 44.5 Å². The van der Waals surface area contributed by atoms with E-state index in [4.69, 9.17) is 15.2 Å². The summed E-state index contributed by atoms with van der Waals surface area (Å²) >= 11 is 1.67. The molecule has 0 unspecified atom stereocenters. The van der Waals surface area contributed by atoms with Crippen molar-refractivity contribution in [3.05, 3.63) is 47.5 Å². The van der Waals surface area contributed by atoms with Crippen molar-refractivity contribution in [1.82, 2.24) is 0 Å². The maximum Gasteiger partial charge on any atom is 0.169 e. The predicted octanol–water partition coefficient (Wildman–Crippen LogP) is 3.98. The van der Waals surface area contributed by atoms with Crippen LogP contribution >= 0.6 is 11.8 Å². The van der Waals surface area contributed by atoms with Crippen molar-refractivity contribution in [3.63, 3.8) is 0 Å². The zero-order chi connectivity index (χ0) is 14.5. The number of hydrogen-bond donors (Lipinski definition) is 1. The van der Waals surface area contributed by atoms with Gasteiger partial charge in [-0.3, -0.25) is 0 Å². The second-order valence-corrected chi connectivity index (χ2v) is 5.25. The molecule has 106 valence electrons. The van der Waals surface area contributed by atoms with Gasteiger partial charge in [-0.25, -0.2) is 0 Å². The number of nitrogens with two attached hydrogens (primary N) is 1. The third-order valence-electron chi connectivity index (χ3n) is 3.05. The Morgan fingerprint density at radius 3 is 2.55 bits per heavy atom. The highest BCUT2D eigenvalue weighted by molar-refractivity contribution is 7.98. The first-order valence-electron chi connectivity index (χ1n) is 6.38. The Labute approximate surface area is 124 Å². The molecule has 2 rings (SSSR count). The molecule has 0 saturated heterocycles. The molecule has 3 nitrogen and oxygen atoms in total. The molecule has 0 fully saturated rings. The minimum Gasteiger partial charge on any atom is -0.493 e. The van der Waals surface area contributed by atoms with Crippen LogP contribution < -0.4 is 15.2 Å². The van der Waals surface area contributed by atoms with Crippen molar-refractivity contribution in [3.8, 4) is 17.2 Å². The van der Waals surface area contributed by atoms with Gasteiger partial charge in [0.15, 0.2) is 11.5 Å². The normalized spacial score (nSPS) is 10.4. The lowest BCUT2D eigenvalue weighted by Gasteiger charge is -2.15. The summed E-state index contributed by atoms with van der Waals surface area (Å²) in [5.41, 5.74) is 8.00. The van der Waals surface area contributed by atoms with E-state index in [0.29, 0.717) is 12.3 Å². The second kappa shape index (κ2) is 6.68. The lowest BCUT2D eigenvalue weighted by atomic mass is 10.2. The number of ether oxygens (including phenoxy) is 2. The largest absolute Gasteiger partial charge is 0.493 e. The summed E-state index contributed by atoms with van der Waals surface area (Å²) in [6.07, 6.45) is 2.03. The molecular weight excluding hydrogens is 270 g/mol. The highest BCUT2D eigenvalue weighted by Gasteiger charge is 2.11. The van der Waals surface area contributed by atoms with Gasteiger partial charge in [-0.15, -0.1) is 11.8 Å². The maximum atomic E-state index is 6.00. The average Bonchev–Trinajstić information content (AvgIpc) is 2.48. The van der Waals surface area contributed by atoms with Crippen molar-refractivity contribution in [2.75, 3.05) is 13.4 Å². The predicted molar refractivity (Wildman–Crippen MR) is 83.9 cm³/mol. The standard InChI is InChI=1S/C16H19NO2S/c1-11-7-8-14(15(9-11)18-2)19-13-5-4-6-16(20-3)12(13)10-17/h4-9H,10,17H2,1-3H3. The summed E-state index contributed by atoms with van der Waals surface area (Å²) < 4.78 is 11.4. The van der Waals surface area contributed by atoms with Gasteiger partial charge in [0, 0.05) is 17.0 Å². The molecule has 0 atom stereocenters. The Morgan fingerprint density at radius 2 is 1.90 bits per heavy atom. The van der Waals surface area contributed by atoms with Gasteiger partial charge >= 0.3 is 0 Å². The summed E-state index contributed by atoms with van der Waals surface area (Å²) in [4.78, 5) is 1.14. The van der Waals surface area contributed by atoms with Gasteiger partial charge in [-0.05, 0) is 43.0 Å². The molecule has 0 amide bonds. The highest BCUT2D eigenvalue weighted by atomic mass is 32.2. The van der Waals surface area contributed by atoms with Crippen LogP contribution in [-0.4, -0.2) is 13.4 Å². The highest BCUT2D eigenvalue weighted by Crippen LogP contribution is 2.36. The van der Waals surface area contributed by atoms with Crippen molar-refractivity contribution < 1.29 is 9.47 Å². The van der Waals surface area contributed by atoms with Crippen LogP contribution in [0.4, 0.5) is 0 Å². The van der Waals surface area contributed by atoms with E-state index in [1.165, 1.54) is 0 Å². The number of rotatable bonds is 5. The molecule has 0 saturated carbocycles. The molecule has 0 radical (unpaired) electrons. The number of methoxy groups -OCH3 is 1. The summed E-state index contributed by atoms with van der Waals surface area (Å²) in [5.74, 6) is 2.20. The fraction of sp³-hybridized carbons (Fsp3) is 0.250. The molecule has 2 aromatic rings. The van der Waals surface area contributed by atoms with E-state index >= 15 is 0 Å². The lowest BCUT2D eigenvalue weighted by Crippen LogP contribution is -2.02. The summed E-state index contributed by atoms with van der Waals surface area (Å²) in [6.45, 7) is 2.46. The van der Waals surface area contributed by atoms with Crippen LogP contribution in [0.15, 0.2) is 41.3 Å². The Kier molecular flexibility index (Phi) is 4.93. The van der Waals surface area contributed by atoms with E-state index in [0.717, 1.165) is 27.5 Å². The van der Waals surface area contributed by atoms with E-state index in [9.17, 15) is 0 Å². The van der Waals surface area contributed by atoms with E-state index in [1.54, 1.807) is 18.9 Å². The first kappa shape index (κ1) is 14.8. The fourth-order valence-electron chi connectivity index (χ4n) is 2.01. The van der Waals surface area contributed by atoms with Gasteiger partial charge in [-0.2, -0.15) is 0 Å². The molecule has 0 aliphatic heterocycles. The van der Waals surface area contributed by atoms with Crippen LogP contribution in [0.3, 0.4) is 0 Å². The minimum absolute atomic E-state index is 0.445. The van der Waals surface area contributed by atoms with Gasteiger partial charge in [0.05, 0.1) is 7.11 Å². The van der Waals surface area contributed by atoms with Crippen LogP contribution in [0.5, 0.6) is 17.2 Å². The average molecular weight is 289 g/mol. The van der Waals surface area contributed by atoms with Crippen molar-refractivity contribution in [2.24, 2.45) is 5.73 Å². The Hall–Kier alpha value is -1.65. The summed E-state index contributed by atoms with van der Waals surface area (Å²) in [5, 5.41) is 0. The molecule has 20 heavy (non-hydrogen) atoms. The molecule has 0 heterocycles. The zero-order valence-corrected chi connectivity index (χ0v) is 12.8. The number of hydrogen-bond acceptors (Lipinski definition) is 4. The Balaban J connectivity index is 2.39. The molecule has 0 bridgehead atoms. The van der Waals surface area contributed by atoms with Crippen LogP contribution in [0.2, 0.25) is 0 Å². The molecule has 0 aliphatic carbocycles. The molecule has 2 aromatic carbocycles. The second-order valence-electron chi connectivity index (χ2n) is 4.40. The molecule has 0 spiro atoms. The van der Waals surface area contributed by atoms with Crippen LogP contribution in [0.1, 0.15) is 11.1 Å². The van der Waals surface area contributed by atoms with Gasteiger partial charge in [-0.1, -0.05) is 12.1 Å². The Morgan fingerprint density at radius 1 is 1.10 bits per heavy atom. The van der Waals surface area contributed by atoms with E-state index in [1.807, 2.05) is 49.6 Å². The first-order chi connectivity index (χ1) is 9.69. The third kappa shape index (κ3) is 3.08. The summed E-state index contributed by atoms with van der Waals surface area (Å²) in [6, 6.07) is 11.8. The SMILES string of the molecule is COc1cc(C)ccc1Oc1cccc(SC)c1CN. The molecule has 0 aromatic heterocycles. The van der Waals surface area contributed by atoms with E-state index in [-0.39, 0.29) is 0 Å². The molecular formula is C16H19NO2S. The number of benzene rings is 2. The molecule has 2 N–H and O–H groups in total. The lowest BCUT2D eigenvalue weighted by molar-refractivity contribution is 0.377. The fourth-order valence-corrected chi connectivity index (χ4v) is 2.66. The van der Waals surface area contributed by atoms with Gasteiger partial charge in [0.1, 0.15) is 5.75 Å². The van der Waals surface area contributed by atoms with Crippen LogP contribution in [0, 0.1) is 6.92 Å². The molecule has 0 aliphatic rings. The Bertz CT molecular complexity index is 599.